The largest absolute Gasteiger partial charge is 0.317 e. The van der Waals surface area contributed by atoms with E-state index < -0.39 is 0 Å². The average Bonchev–Trinajstić information content (AvgIpc) is 2.21. The van der Waals surface area contributed by atoms with Gasteiger partial charge in [0.25, 0.3) is 0 Å². The van der Waals surface area contributed by atoms with Crippen molar-refractivity contribution in [2.45, 2.75) is 25.8 Å². The fraction of sp³-hybridized carbons (Fsp3) is 1.00. The van der Waals surface area contributed by atoms with E-state index in [9.17, 15) is 0 Å². The van der Waals surface area contributed by atoms with Gasteiger partial charge in [-0.15, -0.1) is 0 Å². The van der Waals surface area contributed by atoms with E-state index in [1.807, 2.05) is 11.8 Å². The molecule has 0 saturated carbocycles. The molecule has 1 fully saturated rings. The fourth-order valence-corrected chi connectivity index (χ4v) is 2.40. The second-order valence-corrected chi connectivity index (χ2v) is 4.59. The number of hydrogen-bond acceptors (Lipinski definition) is 3. The molecule has 0 aromatic rings. The lowest BCUT2D eigenvalue weighted by Crippen LogP contribution is -2.43. The highest BCUT2D eigenvalue weighted by molar-refractivity contribution is 7.98. The lowest BCUT2D eigenvalue weighted by atomic mass is 10.1. The summed E-state index contributed by atoms with van der Waals surface area (Å²) < 4.78 is 0. The van der Waals surface area contributed by atoms with E-state index in [4.69, 9.17) is 0 Å². The molecular formula is C10H22N2S. The Morgan fingerprint density at radius 2 is 2.08 bits per heavy atom. The smallest absolute Gasteiger partial charge is 0.0120 e. The summed E-state index contributed by atoms with van der Waals surface area (Å²) in [6.45, 7) is 7.18. The first-order valence-electron chi connectivity index (χ1n) is 5.32. The Labute approximate surface area is 86.5 Å². The summed E-state index contributed by atoms with van der Waals surface area (Å²) >= 11 is 1.95. The van der Waals surface area contributed by atoms with Crippen LogP contribution in [0.5, 0.6) is 0 Å². The lowest BCUT2D eigenvalue weighted by molar-refractivity contribution is 0.180. The zero-order chi connectivity index (χ0) is 9.52. The highest BCUT2D eigenvalue weighted by Crippen LogP contribution is 2.11. The van der Waals surface area contributed by atoms with Gasteiger partial charge in [0.1, 0.15) is 0 Å². The second kappa shape index (κ2) is 6.68. The maximum atomic E-state index is 3.42. The SMILES string of the molecule is CCN(CCSC)C1CCNCC1. The minimum Gasteiger partial charge on any atom is -0.317 e. The zero-order valence-corrected chi connectivity index (χ0v) is 9.70. The van der Waals surface area contributed by atoms with Gasteiger partial charge in [0.2, 0.25) is 0 Å². The summed E-state index contributed by atoms with van der Waals surface area (Å²) in [5.74, 6) is 1.28. The van der Waals surface area contributed by atoms with Crippen LogP contribution in [0.1, 0.15) is 19.8 Å². The van der Waals surface area contributed by atoms with Crippen molar-refractivity contribution < 1.29 is 0 Å². The van der Waals surface area contributed by atoms with Gasteiger partial charge in [-0.3, -0.25) is 4.90 Å². The molecule has 1 rings (SSSR count). The molecular weight excluding hydrogens is 180 g/mol. The molecule has 0 aromatic heterocycles. The molecule has 13 heavy (non-hydrogen) atoms. The number of nitrogens with one attached hydrogen (secondary N) is 1. The summed E-state index contributed by atoms with van der Waals surface area (Å²) in [6, 6.07) is 0.846. The maximum absolute atomic E-state index is 3.42. The van der Waals surface area contributed by atoms with E-state index in [0.717, 1.165) is 6.04 Å². The molecule has 0 radical (unpaired) electrons. The predicted molar refractivity (Wildman–Crippen MR) is 61.5 cm³/mol. The molecule has 0 atom stereocenters. The summed E-state index contributed by atoms with van der Waals surface area (Å²) in [7, 11) is 0. The molecule has 1 heterocycles. The molecule has 1 N–H and O–H groups in total. The van der Waals surface area contributed by atoms with Crippen LogP contribution in [0.15, 0.2) is 0 Å². The quantitative estimate of drug-likeness (QED) is 0.726. The van der Waals surface area contributed by atoms with Crippen LogP contribution in [-0.4, -0.2) is 49.1 Å². The van der Waals surface area contributed by atoms with E-state index in [0.29, 0.717) is 0 Å². The van der Waals surface area contributed by atoms with Crippen LogP contribution >= 0.6 is 11.8 Å². The topological polar surface area (TPSA) is 15.3 Å². The molecule has 0 spiro atoms. The molecule has 1 saturated heterocycles. The highest BCUT2D eigenvalue weighted by atomic mass is 32.2. The third kappa shape index (κ3) is 3.88. The number of piperidine rings is 1. The van der Waals surface area contributed by atoms with Gasteiger partial charge in [-0.2, -0.15) is 11.8 Å². The molecule has 3 heteroatoms. The molecule has 0 amide bonds. The van der Waals surface area contributed by atoms with Crippen molar-refractivity contribution >= 4 is 11.8 Å². The molecule has 78 valence electrons. The van der Waals surface area contributed by atoms with Crippen molar-refractivity contribution in [3.63, 3.8) is 0 Å². The normalized spacial score (nSPS) is 19.6. The summed E-state index contributed by atoms with van der Waals surface area (Å²) in [5.41, 5.74) is 0. The Morgan fingerprint density at radius 3 is 2.62 bits per heavy atom. The third-order valence-electron chi connectivity index (χ3n) is 2.81. The van der Waals surface area contributed by atoms with Crippen LogP contribution in [0.4, 0.5) is 0 Å². The number of thioether (sulfide) groups is 1. The Morgan fingerprint density at radius 1 is 1.38 bits per heavy atom. The summed E-state index contributed by atoms with van der Waals surface area (Å²) in [4.78, 5) is 2.64. The average molecular weight is 202 g/mol. The predicted octanol–water partition coefficient (Wildman–Crippen LogP) is 1.42. The van der Waals surface area contributed by atoms with Gasteiger partial charge < -0.3 is 5.32 Å². The van der Waals surface area contributed by atoms with Gasteiger partial charge in [0.05, 0.1) is 0 Å². The van der Waals surface area contributed by atoms with Gasteiger partial charge in [-0.1, -0.05) is 6.92 Å². The van der Waals surface area contributed by atoms with Crippen molar-refractivity contribution in [2.24, 2.45) is 0 Å². The Kier molecular flexibility index (Phi) is 5.83. The van der Waals surface area contributed by atoms with Gasteiger partial charge in [0.15, 0.2) is 0 Å². The number of hydrogen-bond donors (Lipinski definition) is 1. The van der Waals surface area contributed by atoms with Gasteiger partial charge >= 0.3 is 0 Å². The van der Waals surface area contributed by atoms with Crippen molar-refractivity contribution in [1.82, 2.24) is 10.2 Å². The zero-order valence-electron chi connectivity index (χ0n) is 8.88. The van der Waals surface area contributed by atoms with Crippen LogP contribution in [0.25, 0.3) is 0 Å². The van der Waals surface area contributed by atoms with Crippen molar-refractivity contribution in [2.75, 3.05) is 38.2 Å². The van der Waals surface area contributed by atoms with Crippen molar-refractivity contribution in [3.05, 3.63) is 0 Å². The molecule has 0 aliphatic carbocycles. The first-order valence-corrected chi connectivity index (χ1v) is 6.71. The molecule has 0 unspecified atom stereocenters. The fourth-order valence-electron chi connectivity index (χ4n) is 1.98. The van der Waals surface area contributed by atoms with Gasteiger partial charge in [0, 0.05) is 18.3 Å². The summed E-state index contributed by atoms with van der Waals surface area (Å²) in [6.07, 6.45) is 4.86. The minimum atomic E-state index is 0.846. The highest BCUT2D eigenvalue weighted by Gasteiger charge is 2.18. The maximum Gasteiger partial charge on any atom is 0.0120 e. The van der Waals surface area contributed by atoms with E-state index in [2.05, 4.69) is 23.4 Å². The monoisotopic (exact) mass is 202 g/mol. The first-order chi connectivity index (χ1) is 6.38. The van der Waals surface area contributed by atoms with E-state index in [1.54, 1.807) is 0 Å². The van der Waals surface area contributed by atoms with Crippen molar-refractivity contribution in [1.29, 1.82) is 0 Å². The standard InChI is InChI=1S/C10H22N2S/c1-3-12(8-9-13-2)10-4-6-11-7-5-10/h10-11H,3-9H2,1-2H3. The summed E-state index contributed by atoms with van der Waals surface area (Å²) in [5, 5.41) is 3.42. The van der Waals surface area contributed by atoms with Crippen LogP contribution in [-0.2, 0) is 0 Å². The van der Waals surface area contributed by atoms with E-state index >= 15 is 0 Å². The van der Waals surface area contributed by atoms with Crippen LogP contribution in [0.2, 0.25) is 0 Å². The lowest BCUT2D eigenvalue weighted by Gasteiger charge is -2.33. The number of nitrogens with zero attached hydrogens (tertiary/aromatic N) is 1. The van der Waals surface area contributed by atoms with Gasteiger partial charge in [-0.05, 0) is 38.7 Å². The van der Waals surface area contributed by atoms with Crippen LogP contribution in [0, 0.1) is 0 Å². The third-order valence-corrected chi connectivity index (χ3v) is 3.40. The second-order valence-electron chi connectivity index (χ2n) is 3.60. The molecule has 0 bridgehead atoms. The Bertz CT molecular complexity index is 124. The molecule has 1 aliphatic heterocycles. The van der Waals surface area contributed by atoms with Crippen molar-refractivity contribution in [3.8, 4) is 0 Å². The molecule has 0 aromatic carbocycles. The van der Waals surface area contributed by atoms with Crippen LogP contribution < -0.4 is 5.32 Å². The Hall–Kier alpha value is 0.270. The minimum absolute atomic E-state index is 0.846. The number of rotatable bonds is 5. The first kappa shape index (κ1) is 11.3. The molecule has 2 nitrogen and oxygen atoms in total. The van der Waals surface area contributed by atoms with Gasteiger partial charge in [-0.25, -0.2) is 0 Å². The van der Waals surface area contributed by atoms with E-state index in [1.165, 1.54) is 44.8 Å². The Balaban J connectivity index is 2.26. The van der Waals surface area contributed by atoms with E-state index in [-0.39, 0.29) is 0 Å². The molecule has 1 aliphatic rings. The van der Waals surface area contributed by atoms with Crippen LogP contribution in [0.3, 0.4) is 0 Å².